The number of rotatable bonds is 1. The highest BCUT2D eigenvalue weighted by atomic mass is 79.9. The van der Waals surface area contributed by atoms with Crippen molar-refractivity contribution < 1.29 is 5.11 Å². The Labute approximate surface area is 112 Å². The maximum Gasteiger partial charge on any atom is 0.0579 e. The molecule has 2 rings (SSSR count). The van der Waals surface area contributed by atoms with E-state index < -0.39 is 0 Å². The van der Waals surface area contributed by atoms with Gasteiger partial charge in [0.1, 0.15) is 0 Å². The van der Waals surface area contributed by atoms with E-state index in [9.17, 15) is 5.11 Å². The Hall–Kier alpha value is -0.540. The van der Waals surface area contributed by atoms with E-state index in [0.717, 1.165) is 23.9 Å². The predicted molar refractivity (Wildman–Crippen MR) is 75.5 cm³/mol. The molecule has 1 unspecified atom stereocenters. The topological polar surface area (TPSA) is 23.5 Å². The van der Waals surface area contributed by atoms with E-state index in [2.05, 4.69) is 59.8 Å². The molecule has 0 amide bonds. The molecule has 0 aromatic heterocycles. The first-order valence-electron chi connectivity index (χ1n) is 6.12. The summed E-state index contributed by atoms with van der Waals surface area (Å²) in [6, 6.07) is 6.46. The van der Waals surface area contributed by atoms with Gasteiger partial charge in [-0.1, -0.05) is 15.9 Å². The summed E-state index contributed by atoms with van der Waals surface area (Å²) in [6.45, 7) is 7.44. The smallest absolute Gasteiger partial charge is 0.0579 e. The average Bonchev–Trinajstić information content (AvgIpc) is 2.21. The molecule has 1 aliphatic rings. The van der Waals surface area contributed by atoms with E-state index >= 15 is 0 Å². The van der Waals surface area contributed by atoms with Crippen LogP contribution in [0.4, 0.5) is 5.69 Å². The van der Waals surface area contributed by atoms with Gasteiger partial charge in [0.15, 0.2) is 0 Å². The molecule has 1 fully saturated rings. The lowest BCUT2D eigenvalue weighted by molar-refractivity contribution is 0.107. The lowest BCUT2D eigenvalue weighted by atomic mass is 9.88. The summed E-state index contributed by atoms with van der Waals surface area (Å²) in [7, 11) is 0. The molecule has 0 aliphatic carbocycles. The Morgan fingerprint density at radius 3 is 2.71 bits per heavy atom. The van der Waals surface area contributed by atoms with Crippen molar-refractivity contribution in [2.24, 2.45) is 0 Å². The van der Waals surface area contributed by atoms with Crippen LogP contribution in [0.15, 0.2) is 22.7 Å². The first kappa shape index (κ1) is 12.9. The molecule has 1 N–H and O–H groups in total. The summed E-state index contributed by atoms with van der Waals surface area (Å²) in [5.41, 5.74) is 2.53. The van der Waals surface area contributed by atoms with E-state index in [-0.39, 0.29) is 11.6 Å². The Kier molecular flexibility index (Phi) is 3.50. The number of benzene rings is 1. The van der Waals surface area contributed by atoms with Crippen LogP contribution < -0.4 is 4.90 Å². The summed E-state index contributed by atoms with van der Waals surface area (Å²) in [5, 5.41) is 9.77. The monoisotopic (exact) mass is 297 g/mol. The van der Waals surface area contributed by atoms with Gasteiger partial charge in [0.2, 0.25) is 0 Å². The molecule has 3 heteroatoms. The molecule has 94 valence electrons. The molecule has 1 atom stereocenters. The van der Waals surface area contributed by atoms with Crippen molar-refractivity contribution in [2.75, 3.05) is 11.4 Å². The van der Waals surface area contributed by atoms with Crippen molar-refractivity contribution in [3.63, 3.8) is 0 Å². The largest absolute Gasteiger partial charge is 0.393 e. The Balaban J connectivity index is 2.29. The molecular formula is C14H20BrNO. The molecule has 1 aliphatic heterocycles. The summed E-state index contributed by atoms with van der Waals surface area (Å²) in [5.74, 6) is 0. The highest BCUT2D eigenvalue weighted by Gasteiger charge is 2.34. The highest BCUT2D eigenvalue weighted by Crippen LogP contribution is 2.34. The van der Waals surface area contributed by atoms with E-state index in [4.69, 9.17) is 0 Å². The second-order valence-electron chi connectivity index (χ2n) is 5.54. The number of hydrogen-bond acceptors (Lipinski definition) is 2. The Morgan fingerprint density at radius 1 is 1.41 bits per heavy atom. The van der Waals surface area contributed by atoms with Crippen LogP contribution >= 0.6 is 15.9 Å². The molecule has 0 bridgehead atoms. The number of piperidine rings is 1. The minimum Gasteiger partial charge on any atom is -0.393 e. The Morgan fingerprint density at radius 2 is 2.12 bits per heavy atom. The number of aliphatic hydroxyl groups excluding tert-OH is 1. The lowest BCUT2D eigenvalue weighted by Crippen LogP contribution is -2.51. The fourth-order valence-electron chi connectivity index (χ4n) is 2.65. The van der Waals surface area contributed by atoms with Crippen molar-refractivity contribution in [1.29, 1.82) is 0 Å². The van der Waals surface area contributed by atoms with Crippen molar-refractivity contribution >= 4 is 21.6 Å². The third-order valence-electron chi connectivity index (χ3n) is 3.60. The zero-order chi connectivity index (χ0) is 12.6. The number of halogens is 1. The second-order valence-corrected chi connectivity index (χ2v) is 6.40. The molecule has 17 heavy (non-hydrogen) atoms. The van der Waals surface area contributed by atoms with Gasteiger partial charge in [-0.2, -0.15) is 0 Å². The van der Waals surface area contributed by atoms with Gasteiger partial charge in [0.05, 0.1) is 6.10 Å². The van der Waals surface area contributed by atoms with E-state index in [0.29, 0.717) is 0 Å². The third-order valence-corrected chi connectivity index (χ3v) is 4.49. The van der Waals surface area contributed by atoms with E-state index in [1.807, 2.05) is 0 Å². The zero-order valence-corrected chi connectivity index (χ0v) is 12.3. The second kappa shape index (κ2) is 4.62. The van der Waals surface area contributed by atoms with Crippen molar-refractivity contribution in [3.8, 4) is 0 Å². The summed E-state index contributed by atoms with van der Waals surface area (Å²) < 4.78 is 1.15. The van der Waals surface area contributed by atoms with Gasteiger partial charge in [0.25, 0.3) is 0 Å². The third kappa shape index (κ3) is 2.66. The number of aliphatic hydroxyl groups is 1. The molecule has 0 spiro atoms. The van der Waals surface area contributed by atoms with Gasteiger partial charge < -0.3 is 10.0 Å². The van der Waals surface area contributed by atoms with Crippen LogP contribution in [-0.2, 0) is 0 Å². The number of anilines is 1. The molecule has 1 saturated heterocycles. The standard InChI is InChI=1S/C14H20BrNO/c1-10-8-11(4-5-13(10)15)16-7-6-12(17)9-14(16,2)3/h4-5,8,12,17H,6-7,9H2,1-3H3. The number of hydrogen-bond donors (Lipinski definition) is 1. The maximum absolute atomic E-state index is 9.77. The van der Waals surface area contributed by atoms with Crippen molar-refractivity contribution in [2.45, 2.75) is 45.3 Å². The average molecular weight is 298 g/mol. The van der Waals surface area contributed by atoms with Gasteiger partial charge in [-0.25, -0.2) is 0 Å². The quantitative estimate of drug-likeness (QED) is 0.858. The van der Waals surface area contributed by atoms with Crippen LogP contribution in [0, 0.1) is 6.92 Å². The van der Waals surface area contributed by atoms with Crippen LogP contribution in [0.1, 0.15) is 32.3 Å². The summed E-state index contributed by atoms with van der Waals surface area (Å²) in [6.07, 6.45) is 1.54. The van der Waals surface area contributed by atoms with Gasteiger partial charge >= 0.3 is 0 Å². The minimum absolute atomic E-state index is 0.0257. The zero-order valence-electron chi connectivity index (χ0n) is 10.7. The highest BCUT2D eigenvalue weighted by molar-refractivity contribution is 9.10. The summed E-state index contributed by atoms with van der Waals surface area (Å²) in [4.78, 5) is 2.40. The molecule has 1 aromatic rings. The molecule has 2 nitrogen and oxygen atoms in total. The van der Waals surface area contributed by atoms with E-state index in [1.165, 1.54) is 11.3 Å². The molecular weight excluding hydrogens is 278 g/mol. The molecule has 0 saturated carbocycles. The van der Waals surface area contributed by atoms with Crippen molar-refractivity contribution in [3.05, 3.63) is 28.2 Å². The van der Waals surface area contributed by atoms with E-state index in [1.54, 1.807) is 0 Å². The van der Waals surface area contributed by atoms with Crippen LogP contribution in [0.25, 0.3) is 0 Å². The van der Waals surface area contributed by atoms with Gasteiger partial charge in [-0.3, -0.25) is 0 Å². The number of nitrogens with zero attached hydrogens (tertiary/aromatic N) is 1. The van der Waals surface area contributed by atoms with Crippen LogP contribution in [0.5, 0.6) is 0 Å². The van der Waals surface area contributed by atoms with Crippen LogP contribution in [0.2, 0.25) is 0 Å². The molecule has 1 heterocycles. The predicted octanol–water partition coefficient (Wildman–Crippen LogP) is 3.50. The van der Waals surface area contributed by atoms with Crippen LogP contribution in [0.3, 0.4) is 0 Å². The van der Waals surface area contributed by atoms with Gasteiger partial charge in [-0.15, -0.1) is 0 Å². The van der Waals surface area contributed by atoms with Crippen molar-refractivity contribution in [1.82, 2.24) is 0 Å². The lowest BCUT2D eigenvalue weighted by Gasteiger charge is -2.46. The molecule has 0 radical (unpaired) electrons. The maximum atomic E-state index is 9.77. The van der Waals surface area contributed by atoms with Gasteiger partial charge in [0, 0.05) is 22.2 Å². The fraction of sp³-hybridized carbons (Fsp3) is 0.571. The first-order valence-corrected chi connectivity index (χ1v) is 6.91. The van der Waals surface area contributed by atoms with Crippen LogP contribution in [-0.4, -0.2) is 23.3 Å². The normalized spacial score (nSPS) is 23.8. The molecule has 1 aromatic carbocycles. The van der Waals surface area contributed by atoms with Gasteiger partial charge in [-0.05, 0) is 57.4 Å². The minimum atomic E-state index is -0.155. The SMILES string of the molecule is Cc1cc(N2CCC(O)CC2(C)C)ccc1Br. The fourth-order valence-corrected chi connectivity index (χ4v) is 2.89. The number of aryl methyl sites for hydroxylation is 1. The Bertz CT molecular complexity index is 417. The first-order chi connectivity index (χ1) is 7.90. The summed E-state index contributed by atoms with van der Waals surface area (Å²) >= 11 is 3.53.